The van der Waals surface area contributed by atoms with Crippen LogP contribution in [0.3, 0.4) is 0 Å². The predicted molar refractivity (Wildman–Crippen MR) is 95.6 cm³/mol. The standard InChI is InChI=1S/C18H20N4O3/c1-3-10-25-16-8-9-21(12-16)17-11-13(2)19-18(20-17)14-4-6-15(7-5-14)22(23)24/h3-7,11,16H,1,8-10,12H2,2H3. The minimum Gasteiger partial charge on any atom is -0.372 e. The molecule has 2 aromatic rings. The van der Waals surface area contributed by atoms with Crippen molar-refractivity contribution < 1.29 is 9.66 Å². The molecule has 130 valence electrons. The molecule has 1 aliphatic rings. The topological polar surface area (TPSA) is 81.4 Å². The second-order valence-electron chi connectivity index (χ2n) is 5.97. The molecule has 7 heteroatoms. The van der Waals surface area contributed by atoms with Crippen LogP contribution in [0, 0.1) is 17.0 Å². The van der Waals surface area contributed by atoms with Crippen molar-refractivity contribution in [2.75, 3.05) is 24.6 Å². The predicted octanol–water partition coefficient (Wildman–Crippen LogP) is 3.14. The van der Waals surface area contributed by atoms with E-state index >= 15 is 0 Å². The van der Waals surface area contributed by atoms with Crippen molar-refractivity contribution in [2.24, 2.45) is 0 Å². The van der Waals surface area contributed by atoms with E-state index in [0.29, 0.717) is 12.4 Å². The van der Waals surface area contributed by atoms with E-state index in [-0.39, 0.29) is 11.8 Å². The fourth-order valence-electron chi connectivity index (χ4n) is 2.85. The lowest BCUT2D eigenvalue weighted by atomic mass is 10.2. The van der Waals surface area contributed by atoms with Crippen LogP contribution in [0.4, 0.5) is 11.5 Å². The maximum atomic E-state index is 10.8. The summed E-state index contributed by atoms with van der Waals surface area (Å²) in [4.78, 5) is 21.7. The maximum Gasteiger partial charge on any atom is 0.269 e. The Morgan fingerprint density at radius 3 is 2.84 bits per heavy atom. The van der Waals surface area contributed by atoms with Gasteiger partial charge in [-0.1, -0.05) is 6.08 Å². The summed E-state index contributed by atoms with van der Waals surface area (Å²) in [5.41, 5.74) is 1.67. The van der Waals surface area contributed by atoms with Crippen molar-refractivity contribution >= 4 is 11.5 Å². The molecule has 1 aromatic heterocycles. The Balaban J connectivity index is 1.81. The van der Waals surface area contributed by atoms with Gasteiger partial charge >= 0.3 is 0 Å². The van der Waals surface area contributed by atoms with Crippen LogP contribution in [0.2, 0.25) is 0 Å². The third kappa shape index (κ3) is 4.00. The first kappa shape index (κ1) is 17.0. The second kappa shape index (κ2) is 7.40. The number of nitrogens with zero attached hydrogens (tertiary/aromatic N) is 4. The van der Waals surface area contributed by atoms with E-state index in [0.717, 1.165) is 36.6 Å². The number of aryl methyl sites for hydroxylation is 1. The second-order valence-corrected chi connectivity index (χ2v) is 5.97. The first-order chi connectivity index (χ1) is 12.1. The summed E-state index contributed by atoms with van der Waals surface area (Å²) in [5, 5.41) is 10.8. The molecule has 1 aliphatic heterocycles. The lowest BCUT2D eigenvalue weighted by molar-refractivity contribution is -0.384. The van der Waals surface area contributed by atoms with Gasteiger partial charge in [0.25, 0.3) is 5.69 Å². The molecule has 0 aliphatic carbocycles. The average Bonchev–Trinajstić information content (AvgIpc) is 3.08. The number of hydrogen-bond acceptors (Lipinski definition) is 6. The highest BCUT2D eigenvalue weighted by molar-refractivity contribution is 5.60. The summed E-state index contributed by atoms with van der Waals surface area (Å²) in [6.45, 7) is 7.80. The largest absolute Gasteiger partial charge is 0.372 e. The Kier molecular flexibility index (Phi) is 5.04. The van der Waals surface area contributed by atoms with Gasteiger partial charge in [-0.05, 0) is 25.5 Å². The number of aromatic nitrogens is 2. The molecule has 0 N–H and O–H groups in total. The van der Waals surface area contributed by atoms with Crippen LogP contribution in [-0.2, 0) is 4.74 Å². The fraction of sp³-hybridized carbons (Fsp3) is 0.333. The normalized spacial score (nSPS) is 16.8. The minimum atomic E-state index is -0.417. The fourth-order valence-corrected chi connectivity index (χ4v) is 2.85. The smallest absolute Gasteiger partial charge is 0.269 e. The van der Waals surface area contributed by atoms with Crippen LogP contribution in [0.15, 0.2) is 43.0 Å². The Bertz CT molecular complexity index is 776. The van der Waals surface area contributed by atoms with Gasteiger partial charge in [0.05, 0.1) is 17.6 Å². The molecule has 1 fully saturated rings. The van der Waals surface area contributed by atoms with Gasteiger partial charge in [-0.15, -0.1) is 6.58 Å². The van der Waals surface area contributed by atoms with E-state index in [1.165, 1.54) is 12.1 Å². The third-order valence-corrected chi connectivity index (χ3v) is 4.10. The molecule has 0 spiro atoms. The molecular formula is C18H20N4O3. The van der Waals surface area contributed by atoms with Crippen molar-refractivity contribution in [3.05, 3.63) is 58.8 Å². The Morgan fingerprint density at radius 2 is 2.16 bits per heavy atom. The van der Waals surface area contributed by atoms with Crippen molar-refractivity contribution in [3.8, 4) is 11.4 Å². The van der Waals surface area contributed by atoms with Crippen LogP contribution < -0.4 is 4.90 Å². The SMILES string of the molecule is C=CCOC1CCN(c2cc(C)nc(-c3ccc([N+](=O)[O-])cc3)n2)C1. The van der Waals surface area contributed by atoms with Crippen LogP contribution in [-0.4, -0.2) is 40.7 Å². The summed E-state index contributed by atoms with van der Waals surface area (Å²) in [7, 11) is 0. The highest BCUT2D eigenvalue weighted by Gasteiger charge is 2.24. The Labute approximate surface area is 146 Å². The number of ether oxygens (including phenoxy) is 1. The minimum absolute atomic E-state index is 0.0541. The van der Waals surface area contributed by atoms with Crippen LogP contribution >= 0.6 is 0 Å². The van der Waals surface area contributed by atoms with Gasteiger partial charge in [-0.3, -0.25) is 10.1 Å². The van der Waals surface area contributed by atoms with Crippen LogP contribution in [0.25, 0.3) is 11.4 Å². The van der Waals surface area contributed by atoms with Crippen LogP contribution in [0.5, 0.6) is 0 Å². The summed E-state index contributed by atoms with van der Waals surface area (Å²) in [5.74, 6) is 1.42. The maximum absolute atomic E-state index is 10.8. The zero-order valence-electron chi connectivity index (χ0n) is 14.1. The molecule has 0 bridgehead atoms. The van der Waals surface area contributed by atoms with Gasteiger partial charge in [0, 0.05) is 42.5 Å². The molecule has 1 aromatic carbocycles. The van der Waals surface area contributed by atoms with Crippen molar-refractivity contribution in [3.63, 3.8) is 0 Å². The molecule has 0 radical (unpaired) electrons. The molecule has 1 saturated heterocycles. The van der Waals surface area contributed by atoms with Gasteiger partial charge in [-0.25, -0.2) is 9.97 Å². The Hall–Kier alpha value is -2.80. The zero-order chi connectivity index (χ0) is 17.8. The highest BCUT2D eigenvalue weighted by Crippen LogP contribution is 2.25. The van der Waals surface area contributed by atoms with E-state index < -0.39 is 4.92 Å². The lowest BCUT2D eigenvalue weighted by Crippen LogP contribution is -2.24. The summed E-state index contributed by atoms with van der Waals surface area (Å²) >= 11 is 0. The number of nitro benzene ring substituents is 1. The average molecular weight is 340 g/mol. The monoisotopic (exact) mass is 340 g/mol. The number of non-ortho nitro benzene ring substituents is 1. The number of hydrogen-bond donors (Lipinski definition) is 0. The molecule has 0 amide bonds. The number of rotatable bonds is 6. The van der Waals surface area contributed by atoms with Gasteiger partial charge < -0.3 is 9.64 Å². The third-order valence-electron chi connectivity index (χ3n) is 4.10. The summed E-state index contributed by atoms with van der Waals surface area (Å²) < 4.78 is 5.72. The first-order valence-corrected chi connectivity index (χ1v) is 8.15. The van der Waals surface area contributed by atoms with Gasteiger partial charge in [0.15, 0.2) is 5.82 Å². The van der Waals surface area contributed by atoms with Crippen molar-refractivity contribution in [1.82, 2.24) is 9.97 Å². The van der Waals surface area contributed by atoms with Gasteiger partial charge in [0.2, 0.25) is 0 Å². The van der Waals surface area contributed by atoms with E-state index in [2.05, 4.69) is 21.4 Å². The van der Waals surface area contributed by atoms with E-state index in [4.69, 9.17) is 4.74 Å². The highest BCUT2D eigenvalue weighted by atomic mass is 16.6. The van der Waals surface area contributed by atoms with E-state index in [9.17, 15) is 10.1 Å². The molecule has 2 heterocycles. The van der Waals surface area contributed by atoms with Gasteiger partial charge in [-0.2, -0.15) is 0 Å². The summed E-state index contributed by atoms with van der Waals surface area (Å²) in [6.07, 6.45) is 2.88. The quantitative estimate of drug-likeness (QED) is 0.456. The van der Waals surface area contributed by atoms with Crippen molar-refractivity contribution in [1.29, 1.82) is 0 Å². The molecule has 1 atom stereocenters. The van der Waals surface area contributed by atoms with Gasteiger partial charge in [0.1, 0.15) is 5.82 Å². The first-order valence-electron chi connectivity index (χ1n) is 8.15. The molecule has 7 nitrogen and oxygen atoms in total. The molecule has 1 unspecified atom stereocenters. The molecule has 25 heavy (non-hydrogen) atoms. The number of nitro groups is 1. The number of benzene rings is 1. The van der Waals surface area contributed by atoms with Crippen LogP contribution in [0.1, 0.15) is 12.1 Å². The zero-order valence-corrected chi connectivity index (χ0v) is 14.1. The van der Waals surface area contributed by atoms with Crippen molar-refractivity contribution in [2.45, 2.75) is 19.4 Å². The molecule has 3 rings (SSSR count). The number of anilines is 1. The van der Waals surface area contributed by atoms with E-state index in [1.54, 1.807) is 18.2 Å². The molecular weight excluding hydrogens is 320 g/mol. The summed E-state index contributed by atoms with van der Waals surface area (Å²) in [6, 6.07) is 8.24. The molecule has 0 saturated carbocycles. The van der Waals surface area contributed by atoms with E-state index in [1.807, 2.05) is 13.0 Å². The lowest BCUT2D eigenvalue weighted by Gasteiger charge is -2.18. The Morgan fingerprint density at radius 1 is 1.40 bits per heavy atom.